The molecule has 0 aromatic carbocycles. The van der Waals surface area contributed by atoms with Crippen LogP contribution in [0.1, 0.15) is 52.4 Å². The van der Waals surface area contributed by atoms with Crippen LogP contribution < -0.4 is 0 Å². The van der Waals surface area contributed by atoms with E-state index in [1.165, 1.54) is 0 Å². The molecule has 3 heteroatoms. The summed E-state index contributed by atoms with van der Waals surface area (Å²) in [5.74, 6) is -0.0379. The molecule has 0 aliphatic carbocycles. The quantitative estimate of drug-likeness (QED) is 0.561. The number of rotatable bonds is 8. The maximum Gasteiger partial charge on any atom is 0.140 e. The van der Waals surface area contributed by atoms with Crippen molar-refractivity contribution >= 4 is 17.3 Å². The Balaban J connectivity index is 3.63. The molecule has 0 bridgehead atoms. The largest absolute Gasteiger partial charge is 0.300 e. The van der Waals surface area contributed by atoms with Gasteiger partial charge in [0.2, 0.25) is 0 Å². The Kier molecular flexibility index (Phi) is 6.89. The summed E-state index contributed by atoms with van der Waals surface area (Å²) in [4.78, 5) is 33.1. The number of hydrogen-bond donors (Lipinski definition) is 0. The Labute approximate surface area is 84.9 Å². The highest BCUT2D eigenvalue weighted by atomic mass is 16.1. The van der Waals surface area contributed by atoms with E-state index < -0.39 is 0 Å². The molecular formula is C11H18O3. The van der Waals surface area contributed by atoms with Crippen LogP contribution >= 0.6 is 0 Å². The molecule has 0 heterocycles. The molecule has 0 aromatic heterocycles. The molecule has 0 atom stereocenters. The normalized spacial score (nSPS) is 9.86. The van der Waals surface area contributed by atoms with Gasteiger partial charge in [0.15, 0.2) is 0 Å². The Hall–Kier alpha value is -0.990. The summed E-state index contributed by atoms with van der Waals surface area (Å²) in [7, 11) is 0. The predicted octanol–water partition coefficient (Wildman–Crippen LogP) is 2.07. The van der Waals surface area contributed by atoms with E-state index in [1.807, 2.05) is 6.92 Å². The zero-order valence-corrected chi connectivity index (χ0v) is 8.97. The summed E-state index contributed by atoms with van der Waals surface area (Å²) >= 11 is 0. The Morgan fingerprint density at radius 3 is 1.86 bits per heavy atom. The molecule has 0 N–H and O–H groups in total. The van der Waals surface area contributed by atoms with Crippen molar-refractivity contribution in [1.82, 2.24) is 0 Å². The maximum absolute atomic E-state index is 11.1. The molecule has 0 amide bonds. The SMILES string of the molecule is CCCC(=O)CCC(=O)CC(=O)CC. The van der Waals surface area contributed by atoms with E-state index in [0.29, 0.717) is 19.3 Å². The van der Waals surface area contributed by atoms with Crippen LogP contribution in [-0.4, -0.2) is 17.3 Å². The topological polar surface area (TPSA) is 51.2 Å². The molecule has 0 aliphatic heterocycles. The third-order valence-electron chi connectivity index (χ3n) is 2.00. The molecule has 0 spiro atoms. The Morgan fingerprint density at radius 1 is 0.786 bits per heavy atom. The van der Waals surface area contributed by atoms with Crippen molar-refractivity contribution in [3.63, 3.8) is 0 Å². The van der Waals surface area contributed by atoms with Crippen molar-refractivity contribution in [2.24, 2.45) is 0 Å². The monoisotopic (exact) mass is 198 g/mol. The molecule has 0 saturated heterocycles. The molecular weight excluding hydrogens is 180 g/mol. The molecule has 0 fully saturated rings. The first-order valence-electron chi connectivity index (χ1n) is 5.15. The van der Waals surface area contributed by atoms with Crippen molar-refractivity contribution in [2.75, 3.05) is 0 Å². The van der Waals surface area contributed by atoms with Crippen molar-refractivity contribution in [2.45, 2.75) is 52.4 Å². The molecule has 80 valence electrons. The van der Waals surface area contributed by atoms with Gasteiger partial charge in [-0.2, -0.15) is 0 Å². The second-order valence-corrected chi connectivity index (χ2v) is 3.40. The summed E-state index contributed by atoms with van der Waals surface area (Å²) < 4.78 is 0. The van der Waals surface area contributed by atoms with Gasteiger partial charge in [-0.15, -0.1) is 0 Å². The number of carbonyl (C=O) groups excluding carboxylic acids is 3. The minimum absolute atomic E-state index is 0.00406. The fourth-order valence-corrected chi connectivity index (χ4v) is 1.12. The van der Waals surface area contributed by atoms with Crippen LogP contribution in [0.3, 0.4) is 0 Å². The number of Topliss-reactive ketones (excluding diaryl/α,β-unsaturated/α-hetero) is 3. The minimum Gasteiger partial charge on any atom is -0.300 e. The van der Waals surface area contributed by atoms with Gasteiger partial charge < -0.3 is 0 Å². The van der Waals surface area contributed by atoms with Crippen molar-refractivity contribution in [1.29, 1.82) is 0 Å². The van der Waals surface area contributed by atoms with Crippen molar-refractivity contribution < 1.29 is 14.4 Å². The predicted molar refractivity (Wildman–Crippen MR) is 54.1 cm³/mol. The van der Waals surface area contributed by atoms with E-state index in [0.717, 1.165) is 6.42 Å². The van der Waals surface area contributed by atoms with Crippen LogP contribution in [0.5, 0.6) is 0 Å². The zero-order chi connectivity index (χ0) is 11.0. The van der Waals surface area contributed by atoms with Crippen molar-refractivity contribution in [3.05, 3.63) is 0 Å². The number of carbonyl (C=O) groups is 3. The minimum atomic E-state index is -0.110. The summed E-state index contributed by atoms with van der Waals surface area (Å²) in [6.07, 6.45) is 2.27. The second-order valence-electron chi connectivity index (χ2n) is 3.40. The van der Waals surface area contributed by atoms with Gasteiger partial charge in [0.25, 0.3) is 0 Å². The summed E-state index contributed by atoms with van der Waals surface area (Å²) in [6, 6.07) is 0. The third kappa shape index (κ3) is 6.52. The van der Waals surface area contributed by atoms with Crippen LogP contribution in [0.2, 0.25) is 0 Å². The zero-order valence-electron chi connectivity index (χ0n) is 8.97. The molecule has 0 rings (SSSR count). The summed E-state index contributed by atoms with van der Waals surface area (Å²) in [5.41, 5.74) is 0. The van der Waals surface area contributed by atoms with Crippen LogP contribution in [0.25, 0.3) is 0 Å². The highest BCUT2D eigenvalue weighted by Crippen LogP contribution is 2.02. The molecule has 3 nitrogen and oxygen atoms in total. The highest BCUT2D eigenvalue weighted by molar-refractivity contribution is 6.00. The third-order valence-corrected chi connectivity index (χ3v) is 2.00. The van der Waals surface area contributed by atoms with Gasteiger partial charge >= 0.3 is 0 Å². The van der Waals surface area contributed by atoms with Gasteiger partial charge in [-0.1, -0.05) is 13.8 Å². The Morgan fingerprint density at radius 2 is 1.36 bits per heavy atom. The van der Waals surface area contributed by atoms with E-state index in [2.05, 4.69) is 0 Å². The van der Waals surface area contributed by atoms with Crippen LogP contribution in [0.4, 0.5) is 0 Å². The maximum atomic E-state index is 11.1. The first kappa shape index (κ1) is 13.0. The highest BCUT2D eigenvalue weighted by Gasteiger charge is 2.09. The van der Waals surface area contributed by atoms with E-state index in [9.17, 15) is 14.4 Å². The molecule has 0 aromatic rings. The smallest absolute Gasteiger partial charge is 0.140 e. The fourth-order valence-electron chi connectivity index (χ4n) is 1.12. The molecule has 0 aliphatic rings. The molecule has 14 heavy (non-hydrogen) atoms. The number of hydrogen-bond acceptors (Lipinski definition) is 3. The Bertz CT molecular complexity index is 219. The average molecular weight is 198 g/mol. The van der Waals surface area contributed by atoms with E-state index in [4.69, 9.17) is 0 Å². The van der Waals surface area contributed by atoms with Crippen LogP contribution in [0.15, 0.2) is 0 Å². The lowest BCUT2D eigenvalue weighted by Gasteiger charge is -1.98. The fraction of sp³-hybridized carbons (Fsp3) is 0.727. The first-order valence-corrected chi connectivity index (χ1v) is 5.15. The van der Waals surface area contributed by atoms with Gasteiger partial charge in [-0.25, -0.2) is 0 Å². The lowest BCUT2D eigenvalue weighted by molar-refractivity contribution is -0.128. The molecule has 0 unspecified atom stereocenters. The lowest BCUT2D eigenvalue weighted by Crippen LogP contribution is -2.08. The second kappa shape index (κ2) is 7.42. The average Bonchev–Trinajstić information content (AvgIpc) is 2.15. The molecule has 0 saturated carbocycles. The standard InChI is InChI=1S/C11H18O3/c1-3-5-10(13)6-7-11(14)8-9(12)4-2/h3-8H2,1-2H3. The van der Waals surface area contributed by atoms with Crippen LogP contribution in [-0.2, 0) is 14.4 Å². The van der Waals surface area contributed by atoms with Gasteiger partial charge in [-0.3, -0.25) is 14.4 Å². The van der Waals surface area contributed by atoms with Gasteiger partial charge in [-0.05, 0) is 6.42 Å². The van der Waals surface area contributed by atoms with Crippen LogP contribution in [0, 0.1) is 0 Å². The van der Waals surface area contributed by atoms with Crippen molar-refractivity contribution in [3.8, 4) is 0 Å². The van der Waals surface area contributed by atoms with Gasteiger partial charge in [0.05, 0.1) is 6.42 Å². The first-order chi connectivity index (χ1) is 6.60. The number of ketones is 3. The summed E-state index contributed by atoms with van der Waals surface area (Å²) in [6.45, 7) is 3.66. The van der Waals surface area contributed by atoms with E-state index in [-0.39, 0.29) is 30.2 Å². The molecule has 0 radical (unpaired) electrons. The van der Waals surface area contributed by atoms with Gasteiger partial charge in [0.1, 0.15) is 17.3 Å². The van der Waals surface area contributed by atoms with E-state index in [1.54, 1.807) is 6.92 Å². The van der Waals surface area contributed by atoms with Gasteiger partial charge in [0, 0.05) is 25.7 Å². The summed E-state index contributed by atoms with van der Waals surface area (Å²) in [5, 5.41) is 0. The lowest BCUT2D eigenvalue weighted by atomic mass is 10.0. The van der Waals surface area contributed by atoms with E-state index >= 15 is 0 Å².